The van der Waals surface area contributed by atoms with E-state index >= 15 is 0 Å². The summed E-state index contributed by atoms with van der Waals surface area (Å²) in [6.45, 7) is 2.95. The molecule has 6 heteroatoms. The van der Waals surface area contributed by atoms with E-state index in [0.29, 0.717) is 20.8 Å². The van der Waals surface area contributed by atoms with E-state index in [1.54, 1.807) is 18.3 Å². The summed E-state index contributed by atoms with van der Waals surface area (Å²) in [5, 5.41) is 5.48. The minimum absolute atomic E-state index is 0.418. The predicted molar refractivity (Wildman–Crippen MR) is 109 cm³/mol. The van der Waals surface area contributed by atoms with Gasteiger partial charge in [-0.1, -0.05) is 61.0 Å². The van der Waals surface area contributed by atoms with Crippen LogP contribution in [-0.4, -0.2) is 12.8 Å². The number of rotatable bonds is 9. The highest BCUT2D eigenvalue weighted by Crippen LogP contribution is 2.33. The number of anilines is 1. The maximum Gasteiger partial charge on any atom is 0.119 e. The molecule has 0 aliphatic heterocycles. The lowest BCUT2D eigenvalue weighted by atomic mass is 10.2. The predicted octanol–water partition coefficient (Wildman–Crippen LogP) is 7.05. The van der Waals surface area contributed by atoms with Gasteiger partial charge in [0.05, 0.1) is 28.6 Å². The Balaban J connectivity index is 1.85. The number of hydrogen-bond acceptors (Lipinski definition) is 3. The van der Waals surface area contributed by atoms with Gasteiger partial charge in [-0.25, -0.2) is 0 Å². The van der Waals surface area contributed by atoms with E-state index in [9.17, 15) is 0 Å². The Morgan fingerprint density at radius 3 is 2.32 bits per heavy atom. The van der Waals surface area contributed by atoms with Crippen molar-refractivity contribution in [3.63, 3.8) is 0 Å². The molecule has 1 N–H and O–H groups in total. The second kappa shape index (κ2) is 10.5. The van der Waals surface area contributed by atoms with Crippen LogP contribution in [0.15, 0.2) is 41.5 Å². The summed E-state index contributed by atoms with van der Waals surface area (Å²) in [4.78, 5) is 0. The molecule has 0 amide bonds. The standard InChI is InChI=1S/C19H21Cl3N2O/c1-2-3-4-5-10-25-16-8-6-14(7-9-16)13-23-24-19-17(21)11-15(20)12-18(19)22/h6-9,11-13,24H,2-5,10H2,1H3. The van der Waals surface area contributed by atoms with Crippen LogP contribution in [0.4, 0.5) is 5.69 Å². The fraction of sp³-hybridized carbons (Fsp3) is 0.316. The molecule has 25 heavy (non-hydrogen) atoms. The number of benzene rings is 2. The van der Waals surface area contributed by atoms with Gasteiger partial charge in [0, 0.05) is 5.02 Å². The van der Waals surface area contributed by atoms with Gasteiger partial charge in [-0.3, -0.25) is 5.43 Å². The van der Waals surface area contributed by atoms with Crippen LogP contribution in [0, 0.1) is 0 Å². The molecule has 2 aromatic carbocycles. The molecule has 0 radical (unpaired) electrons. The number of halogens is 3. The highest BCUT2D eigenvalue weighted by Gasteiger charge is 2.06. The Hall–Kier alpha value is -1.42. The topological polar surface area (TPSA) is 33.6 Å². The van der Waals surface area contributed by atoms with Crippen LogP contribution in [0.1, 0.15) is 38.2 Å². The summed E-state index contributed by atoms with van der Waals surface area (Å²) in [5.74, 6) is 0.866. The quantitative estimate of drug-likeness (QED) is 0.278. The Morgan fingerprint density at radius 2 is 1.68 bits per heavy atom. The normalized spacial score (nSPS) is 11.0. The monoisotopic (exact) mass is 398 g/mol. The minimum Gasteiger partial charge on any atom is -0.494 e. The van der Waals surface area contributed by atoms with Crippen LogP contribution in [0.25, 0.3) is 0 Å². The number of hydrazone groups is 1. The van der Waals surface area contributed by atoms with Crippen molar-refractivity contribution in [3.05, 3.63) is 57.0 Å². The van der Waals surface area contributed by atoms with Gasteiger partial charge < -0.3 is 4.74 Å². The molecular formula is C19H21Cl3N2O. The number of nitrogens with zero attached hydrogens (tertiary/aromatic N) is 1. The van der Waals surface area contributed by atoms with Crippen molar-refractivity contribution < 1.29 is 4.74 Å². The fourth-order valence-corrected chi connectivity index (χ4v) is 3.09. The maximum absolute atomic E-state index is 6.10. The lowest BCUT2D eigenvalue weighted by Gasteiger charge is -2.07. The van der Waals surface area contributed by atoms with Crippen LogP contribution in [0.3, 0.4) is 0 Å². The maximum atomic E-state index is 6.10. The Labute approximate surface area is 163 Å². The minimum atomic E-state index is 0.418. The number of hydrogen-bond donors (Lipinski definition) is 1. The molecule has 0 aliphatic rings. The summed E-state index contributed by atoms with van der Waals surface area (Å²) in [6.07, 6.45) is 6.47. The van der Waals surface area contributed by atoms with Gasteiger partial charge in [0.25, 0.3) is 0 Å². The third-order valence-electron chi connectivity index (χ3n) is 3.54. The SMILES string of the molecule is CCCCCCOc1ccc(C=NNc2c(Cl)cc(Cl)cc2Cl)cc1. The number of unbranched alkanes of at least 4 members (excludes halogenated alkanes) is 3. The van der Waals surface area contributed by atoms with Gasteiger partial charge in [-0.2, -0.15) is 5.10 Å². The molecular weight excluding hydrogens is 379 g/mol. The summed E-state index contributed by atoms with van der Waals surface area (Å²) >= 11 is 18.1. The molecule has 134 valence electrons. The molecule has 0 aliphatic carbocycles. The molecule has 2 aromatic rings. The lowest BCUT2D eigenvalue weighted by molar-refractivity contribution is 0.305. The average molecular weight is 400 g/mol. The second-order valence-corrected chi connectivity index (χ2v) is 6.84. The van der Waals surface area contributed by atoms with E-state index < -0.39 is 0 Å². The van der Waals surface area contributed by atoms with E-state index in [1.165, 1.54) is 19.3 Å². The van der Waals surface area contributed by atoms with E-state index in [4.69, 9.17) is 39.5 Å². The number of ether oxygens (including phenoxy) is 1. The van der Waals surface area contributed by atoms with E-state index in [0.717, 1.165) is 24.3 Å². The Bertz CT molecular complexity index is 679. The van der Waals surface area contributed by atoms with Gasteiger partial charge in [0.2, 0.25) is 0 Å². The molecule has 3 nitrogen and oxygen atoms in total. The van der Waals surface area contributed by atoms with Gasteiger partial charge >= 0.3 is 0 Å². The smallest absolute Gasteiger partial charge is 0.119 e. The highest BCUT2D eigenvalue weighted by atomic mass is 35.5. The van der Waals surface area contributed by atoms with Crippen molar-refractivity contribution in [1.82, 2.24) is 0 Å². The van der Waals surface area contributed by atoms with Crippen LogP contribution in [0.2, 0.25) is 15.1 Å². The van der Waals surface area contributed by atoms with Gasteiger partial charge in [-0.15, -0.1) is 0 Å². The Kier molecular flexibility index (Phi) is 8.39. The van der Waals surface area contributed by atoms with Gasteiger partial charge in [0.15, 0.2) is 0 Å². The largest absolute Gasteiger partial charge is 0.494 e. The molecule has 0 fully saturated rings. The first kappa shape index (κ1) is 19.9. The summed E-state index contributed by atoms with van der Waals surface area (Å²) < 4.78 is 5.72. The van der Waals surface area contributed by atoms with Crippen LogP contribution >= 0.6 is 34.8 Å². The second-order valence-electron chi connectivity index (χ2n) is 5.59. The van der Waals surface area contributed by atoms with Crippen molar-refractivity contribution in [1.29, 1.82) is 0 Å². The molecule has 0 saturated heterocycles. The van der Waals surface area contributed by atoms with Crippen LogP contribution in [-0.2, 0) is 0 Å². The first-order valence-corrected chi connectivity index (χ1v) is 9.40. The zero-order valence-corrected chi connectivity index (χ0v) is 16.3. The average Bonchev–Trinajstić information content (AvgIpc) is 2.58. The number of nitrogens with one attached hydrogen (secondary N) is 1. The third kappa shape index (κ3) is 6.77. The van der Waals surface area contributed by atoms with Gasteiger partial charge in [0.1, 0.15) is 5.75 Å². The zero-order chi connectivity index (χ0) is 18.1. The van der Waals surface area contributed by atoms with Crippen molar-refractivity contribution in [2.45, 2.75) is 32.6 Å². The van der Waals surface area contributed by atoms with E-state index in [2.05, 4.69) is 17.5 Å². The highest BCUT2D eigenvalue weighted by molar-refractivity contribution is 6.41. The van der Waals surface area contributed by atoms with Crippen molar-refractivity contribution in [3.8, 4) is 5.75 Å². The van der Waals surface area contributed by atoms with Crippen LogP contribution < -0.4 is 10.2 Å². The van der Waals surface area contributed by atoms with Crippen molar-refractivity contribution in [2.75, 3.05) is 12.0 Å². The molecule has 0 heterocycles. The molecule has 0 spiro atoms. The summed E-state index contributed by atoms with van der Waals surface area (Å²) in [7, 11) is 0. The molecule has 0 aromatic heterocycles. The van der Waals surface area contributed by atoms with Crippen LogP contribution in [0.5, 0.6) is 5.75 Å². The summed E-state index contributed by atoms with van der Waals surface area (Å²) in [5.41, 5.74) is 4.30. The lowest BCUT2D eigenvalue weighted by Crippen LogP contribution is -1.97. The first-order valence-electron chi connectivity index (χ1n) is 8.26. The Morgan fingerprint density at radius 1 is 1.00 bits per heavy atom. The molecule has 2 rings (SSSR count). The van der Waals surface area contributed by atoms with Crippen molar-refractivity contribution >= 4 is 46.7 Å². The molecule has 0 bridgehead atoms. The van der Waals surface area contributed by atoms with E-state index in [1.807, 2.05) is 24.3 Å². The molecule has 0 unspecified atom stereocenters. The zero-order valence-electron chi connectivity index (χ0n) is 14.1. The third-order valence-corrected chi connectivity index (χ3v) is 4.36. The van der Waals surface area contributed by atoms with Gasteiger partial charge in [-0.05, 0) is 48.4 Å². The molecule has 0 saturated carbocycles. The first-order chi connectivity index (χ1) is 12.1. The molecule has 0 atom stereocenters. The van der Waals surface area contributed by atoms with E-state index in [-0.39, 0.29) is 0 Å². The summed E-state index contributed by atoms with van der Waals surface area (Å²) in [6, 6.07) is 11.0. The fourth-order valence-electron chi connectivity index (χ4n) is 2.19. The van der Waals surface area contributed by atoms with Crippen molar-refractivity contribution in [2.24, 2.45) is 5.10 Å².